The van der Waals surface area contributed by atoms with Crippen LogP contribution in [-0.4, -0.2) is 82.8 Å². The molecule has 1 fully saturated rings. The third-order valence-electron chi connectivity index (χ3n) is 3.94. The standard InChI is InChI=1S/C16H27N3O6S2/c1-16(2,3)17-27(23,24)14-6-5-13(25-14)15(20)19-9-7-18(8-10-19)11-12-26(4,21)22/h5-6,17H,7-12H2,1-4H3. The molecule has 0 atom stereocenters. The van der Waals surface area contributed by atoms with Gasteiger partial charge in [-0.2, -0.15) is 0 Å². The van der Waals surface area contributed by atoms with E-state index >= 15 is 0 Å². The number of rotatable bonds is 6. The smallest absolute Gasteiger partial charge is 0.289 e. The van der Waals surface area contributed by atoms with Gasteiger partial charge in [0.2, 0.25) is 5.09 Å². The van der Waals surface area contributed by atoms with Crippen LogP contribution in [0.5, 0.6) is 0 Å². The Bertz CT molecular complexity index is 876. The SMILES string of the molecule is CC(C)(C)NS(=O)(=O)c1ccc(C(=O)N2CCN(CCS(C)(=O)=O)CC2)o1. The van der Waals surface area contributed by atoms with E-state index in [1.54, 1.807) is 25.7 Å². The summed E-state index contributed by atoms with van der Waals surface area (Å²) in [6.45, 7) is 7.52. The summed E-state index contributed by atoms with van der Waals surface area (Å²) in [5.74, 6) is -0.329. The molecule has 0 bridgehead atoms. The van der Waals surface area contributed by atoms with Crippen molar-refractivity contribution >= 4 is 25.8 Å². The Hall–Kier alpha value is -1.43. The minimum absolute atomic E-state index is 0.0335. The number of hydrogen-bond acceptors (Lipinski definition) is 7. The Kier molecular flexibility index (Phi) is 6.40. The summed E-state index contributed by atoms with van der Waals surface area (Å²) in [6, 6.07) is 2.62. The van der Waals surface area contributed by atoms with Gasteiger partial charge in [-0.15, -0.1) is 0 Å². The molecule has 1 aromatic heterocycles. The second kappa shape index (κ2) is 7.90. The van der Waals surface area contributed by atoms with Crippen molar-refractivity contribution in [2.45, 2.75) is 31.4 Å². The van der Waals surface area contributed by atoms with Gasteiger partial charge in [0.15, 0.2) is 5.76 Å². The number of carbonyl (C=O) groups excluding carboxylic acids is 1. The van der Waals surface area contributed by atoms with Crippen LogP contribution >= 0.6 is 0 Å². The highest BCUT2D eigenvalue weighted by atomic mass is 32.2. The van der Waals surface area contributed by atoms with E-state index in [0.29, 0.717) is 32.7 Å². The maximum Gasteiger partial charge on any atom is 0.289 e. The first-order valence-corrected chi connectivity index (χ1v) is 12.1. The maximum absolute atomic E-state index is 12.6. The summed E-state index contributed by atoms with van der Waals surface area (Å²) in [4.78, 5) is 16.1. The van der Waals surface area contributed by atoms with Crippen LogP contribution in [0.25, 0.3) is 0 Å². The van der Waals surface area contributed by atoms with Crippen LogP contribution in [0, 0.1) is 0 Å². The summed E-state index contributed by atoms with van der Waals surface area (Å²) >= 11 is 0. The van der Waals surface area contributed by atoms with Crippen molar-refractivity contribution in [3.63, 3.8) is 0 Å². The summed E-state index contributed by atoms with van der Waals surface area (Å²) in [5.41, 5.74) is -0.669. The highest BCUT2D eigenvalue weighted by Gasteiger charge is 2.29. The van der Waals surface area contributed by atoms with E-state index in [9.17, 15) is 21.6 Å². The van der Waals surface area contributed by atoms with E-state index in [-0.39, 0.29) is 22.5 Å². The Morgan fingerprint density at radius 3 is 2.22 bits per heavy atom. The Morgan fingerprint density at radius 2 is 1.70 bits per heavy atom. The zero-order valence-corrected chi connectivity index (χ0v) is 17.7. The molecule has 0 spiro atoms. The molecule has 1 N–H and O–H groups in total. The van der Waals surface area contributed by atoms with E-state index < -0.39 is 25.4 Å². The molecule has 27 heavy (non-hydrogen) atoms. The van der Waals surface area contributed by atoms with E-state index in [4.69, 9.17) is 4.42 Å². The molecule has 9 nitrogen and oxygen atoms in total. The molecular formula is C16H27N3O6S2. The van der Waals surface area contributed by atoms with Crippen LogP contribution in [-0.2, 0) is 19.9 Å². The number of sulfonamides is 1. The number of sulfone groups is 1. The van der Waals surface area contributed by atoms with Crippen molar-refractivity contribution in [1.29, 1.82) is 0 Å². The molecule has 1 aromatic rings. The quantitative estimate of drug-likeness (QED) is 0.695. The van der Waals surface area contributed by atoms with E-state index in [1.165, 1.54) is 18.4 Å². The third-order valence-corrected chi connectivity index (χ3v) is 6.49. The second-order valence-corrected chi connectivity index (χ2v) is 11.6. The maximum atomic E-state index is 12.6. The fourth-order valence-electron chi connectivity index (χ4n) is 2.66. The first-order chi connectivity index (χ1) is 12.3. The molecule has 1 amide bonds. The zero-order chi connectivity index (χ0) is 20.5. The van der Waals surface area contributed by atoms with Gasteiger partial charge in [0.05, 0.1) is 5.75 Å². The Morgan fingerprint density at radius 1 is 1.11 bits per heavy atom. The van der Waals surface area contributed by atoms with Crippen LogP contribution in [0.4, 0.5) is 0 Å². The van der Waals surface area contributed by atoms with E-state index in [2.05, 4.69) is 4.72 Å². The number of carbonyl (C=O) groups is 1. The lowest BCUT2D eigenvalue weighted by molar-refractivity contribution is 0.0607. The van der Waals surface area contributed by atoms with Gasteiger partial charge >= 0.3 is 0 Å². The lowest BCUT2D eigenvalue weighted by Crippen LogP contribution is -2.49. The lowest BCUT2D eigenvalue weighted by Gasteiger charge is -2.34. The topological polar surface area (TPSA) is 117 Å². The molecule has 0 aliphatic carbocycles. The van der Waals surface area contributed by atoms with Crippen molar-refractivity contribution in [3.05, 3.63) is 17.9 Å². The highest BCUT2D eigenvalue weighted by Crippen LogP contribution is 2.18. The Balaban J connectivity index is 1.97. The number of amides is 1. The van der Waals surface area contributed by atoms with Crippen molar-refractivity contribution in [3.8, 4) is 0 Å². The van der Waals surface area contributed by atoms with Crippen LogP contribution < -0.4 is 4.72 Å². The van der Waals surface area contributed by atoms with Crippen LogP contribution in [0.2, 0.25) is 0 Å². The Labute approximate surface area is 160 Å². The molecule has 1 aliphatic heterocycles. The molecule has 11 heteroatoms. The second-order valence-electron chi connectivity index (χ2n) is 7.74. The first kappa shape index (κ1) is 21.9. The summed E-state index contributed by atoms with van der Waals surface area (Å²) in [6.07, 6.45) is 1.20. The number of hydrogen-bond donors (Lipinski definition) is 1. The minimum Gasteiger partial charge on any atom is -0.438 e. The predicted molar refractivity (Wildman–Crippen MR) is 101 cm³/mol. The van der Waals surface area contributed by atoms with Crippen LogP contribution in [0.3, 0.4) is 0 Å². The molecular weight excluding hydrogens is 394 g/mol. The van der Waals surface area contributed by atoms with Gasteiger partial charge in [-0.25, -0.2) is 21.6 Å². The molecule has 1 aliphatic rings. The van der Waals surface area contributed by atoms with Crippen LogP contribution in [0.1, 0.15) is 31.3 Å². The monoisotopic (exact) mass is 421 g/mol. The minimum atomic E-state index is -3.84. The third kappa shape index (κ3) is 6.59. The molecule has 1 saturated heterocycles. The summed E-state index contributed by atoms with van der Waals surface area (Å²) < 4.78 is 54.8. The van der Waals surface area contributed by atoms with Crippen molar-refractivity contribution in [2.75, 3.05) is 44.7 Å². The summed E-state index contributed by atoms with van der Waals surface area (Å²) in [7, 11) is -6.86. The first-order valence-electron chi connectivity index (χ1n) is 8.60. The van der Waals surface area contributed by atoms with E-state index in [1.807, 2.05) is 4.90 Å². The van der Waals surface area contributed by atoms with Gasteiger partial charge in [0.1, 0.15) is 9.84 Å². The number of piperazine rings is 1. The molecule has 0 aromatic carbocycles. The van der Waals surface area contributed by atoms with Gasteiger partial charge in [-0.05, 0) is 32.9 Å². The van der Waals surface area contributed by atoms with Crippen molar-refractivity contribution < 1.29 is 26.0 Å². The van der Waals surface area contributed by atoms with Gasteiger partial charge in [-0.1, -0.05) is 0 Å². The molecule has 0 radical (unpaired) electrons. The number of furan rings is 1. The zero-order valence-electron chi connectivity index (χ0n) is 16.1. The van der Waals surface area contributed by atoms with Gasteiger partial charge in [0, 0.05) is 44.5 Å². The molecule has 0 saturated carbocycles. The highest BCUT2D eigenvalue weighted by molar-refractivity contribution is 7.90. The number of nitrogens with zero attached hydrogens (tertiary/aromatic N) is 2. The number of nitrogens with one attached hydrogen (secondary N) is 1. The molecule has 2 heterocycles. The summed E-state index contributed by atoms with van der Waals surface area (Å²) in [5, 5.41) is -0.299. The fourth-order valence-corrected chi connectivity index (χ4v) is 4.60. The fraction of sp³-hybridized carbons (Fsp3) is 0.688. The van der Waals surface area contributed by atoms with Gasteiger partial charge in [0.25, 0.3) is 15.9 Å². The van der Waals surface area contributed by atoms with Gasteiger partial charge in [-0.3, -0.25) is 9.69 Å². The predicted octanol–water partition coefficient (Wildman–Crippen LogP) is 0.159. The van der Waals surface area contributed by atoms with Crippen LogP contribution in [0.15, 0.2) is 21.6 Å². The molecule has 2 rings (SSSR count). The van der Waals surface area contributed by atoms with Gasteiger partial charge < -0.3 is 9.32 Å². The normalized spacial score (nSPS) is 17.3. The lowest BCUT2D eigenvalue weighted by atomic mass is 10.1. The average molecular weight is 422 g/mol. The van der Waals surface area contributed by atoms with E-state index in [0.717, 1.165) is 0 Å². The average Bonchev–Trinajstić information content (AvgIpc) is 3.00. The molecule has 154 valence electrons. The largest absolute Gasteiger partial charge is 0.438 e. The van der Waals surface area contributed by atoms with Crippen molar-refractivity contribution in [2.24, 2.45) is 0 Å². The molecule has 0 unspecified atom stereocenters. The van der Waals surface area contributed by atoms with Crippen molar-refractivity contribution in [1.82, 2.24) is 14.5 Å².